The van der Waals surface area contributed by atoms with Crippen molar-refractivity contribution in [3.63, 3.8) is 0 Å². The Morgan fingerprint density at radius 3 is 3.05 bits per heavy atom. The molecular formula is C15H20ClN3O2. The number of rotatable bonds is 2. The van der Waals surface area contributed by atoms with Gasteiger partial charge in [-0.05, 0) is 31.0 Å². The molecule has 1 aromatic carbocycles. The van der Waals surface area contributed by atoms with Gasteiger partial charge in [-0.2, -0.15) is 0 Å². The molecule has 2 saturated heterocycles. The molecule has 2 aliphatic heterocycles. The lowest BCUT2D eigenvalue weighted by molar-refractivity contribution is -0.146. The van der Waals surface area contributed by atoms with Crippen LogP contribution in [-0.2, 0) is 9.53 Å². The SMILES string of the molecule is CC1COC(c2cccc(Cl)c2)CN1C(=O)C1CCNN1. The number of hydrogen-bond donors (Lipinski definition) is 2. The van der Waals surface area contributed by atoms with Crippen LogP contribution >= 0.6 is 11.6 Å². The van der Waals surface area contributed by atoms with Gasteiger partial charge in [-0.1, -0.05) is 23.7 Å². The van der Waals surface area contributed by atoms with E-state index in [1.807, 2.05) is 36.1 Å². The third kappa shape index (κ3) is 3.21. The lowest BCUT2D eigenvalue weighted by atomic mass is 10.0. The number of nitrogens with one attached hydrogen (secondary N) is 2. The molecule has 0 radical (unpaired) electrons. The monoisotopic (exact) mass is 309 g/mol. The first kappa shape index (κ1) is 14.8. The number of hydrazine groups is 1. The van der Waals surface area contributed by atoms with Crippen molar-refractivity contribution in [1.29, 1.82) is 0 Å². The fourth-order valence-corrected chi connectivity index (χ4v) is 3.04. The van der Waals surface area contributed by atoms with E-state index < -0.39 is 0 Å². The number of nitrogens with zero attached hydrogens (tertiary/aromatic N) is 1. The number of ether oxygens (including phenoxy) is 1. The van der Waals surface area contributed by atoms with Gasteiger partial charge in [0.15, 0.2) is 0 Å². The standard InChI is InChI=1S/C15H20ClN3O2/c1-10-9-21-14(11-3-2-4-12(16)7-11)8-19(10)15(20)13-5-6-17-18-13/h2-4,7,10,13-14,17-18H,5-6,8-9H2,1H3. The van der Waals surface area contributed by atoms with Crippen LogP contribution in [0.2, 0.25) is 5.02 Å². The molecule has 5 nitrogen and oxygen atoms in total. The van der Waals surface area contributed by atoms with Gasteiger partial charge >= 0.3 is 0 Å². The quantitative estimate of drug-likeness (QED) is 0.869. The molecule has 0 bridgehead atoms. The molecule has 3 unspecified atom stereocenters. The van der Waals surface area contributed by atoms with Crippen LogP contribution in [0.3, 0.4) is 0 Å². The number of benzene rings is 1. The highest BCUT2D eigenvalue weighted by Crippen LogP contribution is 2.27. The minimum atomic E-state index is -0.134. The zero-order valence-corrected chi connectivity index (χ0v) is 12.8. The predicted octanol–water partition coefficient (Wildman–Crippen LogP) is 1.49. The van der Waals surface area contributed by atoms with Crippen LogP contribution in [0.15, 0.2) is 24.3 Å². The first-order valence-electron chi connectivity index (χ1n) is 7.31. The largest absolute Gasteiger partial charge is 0.370 e. The zero-order chi connectivity index (χ0) is 14.8. The van der Waals surface area contributed by atoms with Crippen LogP contribution in [0, 0.1) is 0 Å². The van der Waals surface area contributed by atoms with E-state index in [-0.39, 0.29) is 24.1 Å². The summed E-state index contributed by atoms with van der Waals surface area (Å²) in [6.07, 6.45) is 0.711. The first-order chi connectivity index (χ1) is 10.1. The second-order valence-corrected chi connectivity index (χ2v) is 6.07. The number of halogens is 1. The molecule has 0 aromatic heterocycles. The van der Waals surface area contributed by atoms with Gasteiger partial charge in [-0.15, -0.1) is 0 Å². The summed E-state index contributed by atoms with van der Waals surface area (Å²) in [7, 11) is 0. The highest BCUT2D eigenvalue weighted by atomic mass is 35.5. The van der Waals surface area contributed by atoms with Gasteiger partial charge in [0.25, 0.3) is 0 Å². The molecule has 3 rings (SSSR count). The molecular weight excluding hydrogens is 290 g/mol. The lowest BCUT2D eigenvalue weighted by Crippen LogP contribution is -2.54. The average molecular weight is 310 g/mol. The van der Waals surface area contributed by atoms with E-state index >= 15 is 0 Å². The number of morpholine rings is 1. The summed E-state index contributed by atoms with van der Waals surface area (Å²) in [6.45, 7) is 3.96. The van der Waals surface area contributed by atoms with E-state index in [2.05, 4.69) is 10.9 Å². The molecule has 6 heteroatoms. The Labute approximate surface area is 129 Å². The summed E-state index contributed by atoms with van der Waals surface area (Å²) in [5.41, 5.74) is 7.06. The number of amides is 1. The average Bonchev–Trinajstić information content (AvgIpc) is 3.01. The topological polar surface area (TPSA) is 53.6 Å². The Morgan fingerprint density at radius 1 is 1.48 bits per heavy atom. The molecule has 2 heterocycles. The maximum absolute atomic E-state index is 12.6. The maximum atomic E-state index is 12.6. The van der Waals surface area contributed by atoms with Gasteiger partial charge in [-0.25, -0.2) is 5.43 Å². The van der Waals surface area contributed by atoms with Crippen molar-refractivity contribution in [3.05, 3.63) is 34.9 Å². The van der Waals surface area contributed by atoms with Crippen molar-refractivity contribution in [1.82, 2.24) is 15.8 Å². The van der Waals surface area contributed by atoms with Gasteiger partial charge in [0.2, 0.25) is 5.91 Å². The van der Waals surface area contributed by atoms with Crippen LogP contribution in [0.5, 0.6) is 0 Å². The van der Waals surface area contributed by atoms with Gasteiger partial charge in [0.1, 0.15) is 12.1 Å². The second kappa shape index (κ2) is 6.32. The molecule has 2 fully saturated rings. The molecule has 2 N–H and O–H groups in total. The number of hydrogen-bond acceptors (Lipinski definition) is 4. The Balaban J connectivity index is 1.73. The molecule has 0 spiro atoms. The molecule has 0 aliphatic carbocycles. The highest BCUT2D eigenvalue weighted by Gasteiger charge is 2.35. The van der Waals surface area contributed by atoms with E-state index in [1.165, 1.54) is 0 Å². The third-order valence-corrected chi connectivity index (χ3v) is 4.30. The van der Waals surface area contributed by atoms with Crippen molar-refractivity contribution in [2.45, 2.75) is 31.5 Å². The van der Waals surface area contributed by atoms with Crippen molar-refractivity contribution in [2.75, 3.05) is 19.7 Å². The van der Waals surface area contributed by atoms with Crippen LogP contribution < -0.4 is 10.9 Å². The highest BCUT2D eigenvalue weighted by molar-refractivity contribution is 6.30. The van der Waals surface area contributed by atoms with Gasteiger partial charge in [0, 0.05) is 11.6 Å². The fourth-order valence-electron chi connectivity index (χ4n) is 2.84. The van der Waals surface area contributed by atoms with E-state index in [1.54, 1.807) is 0 Å². The Morgan fingerprint density at radius 2 is 2.33 bits per heavy atom. The van der Waals surface area contributed by atoms with E-state index in [4.69, 9.17) is 16.3 Å². The van der Waals surface area contributed by atoms with E-state index in [9.17, 15) is 4.79 Å². The summed E-state index contributed by atoms with van der Waals surface area (Å²) >= 11 is 6.04. The number of carbonyl (C=O) groups excluding carboxylic acids is 1. The number of carbonyl (C=O) groups is 1. The smallest absolute Gasteiger partial charge is 0.241 e. The summed E-state index contributed by atoms with van der Waals surface area (Å²) in [5, 5.41) is 0.689. The fraction of sp³-hybridized carbons (Fsp3) is 0.533. The van der Waals surface area contributed by atoms with Gasteiger partial charge in [-0.3, -0.25) is 10.2 Å². The van der Waals surface area contributed by atoms with Crippen molar-refractivity contribution < 1.29 is 9.53 Å². The Kier molecular flexibility index (Phi) is 4.45. The summed E-state index contributed by atoms with van der Waals surface area (Å²) < 4.78 is 5.89. The van der Waals surface area contributed by atoms with Crippen molar-refractivity contribution in [3.8, 4) is 0 Å². The summed E-state index contributed by atoms with van der Waals surface area (Å²) in [6, 6.07) is 7.60. The minimum absolute atomic E-state index is 0.0929. The molecule has 2 aliphatic rings. The molecule has 1 amide bonds. The van der Waals surface area contributed by atoms with Crippen LogP contribution in [0.4, 0.5) is 0 Å². The maximum Gasteiger partial charge on any atom is 0.241 e. The molecule has 3 atom stereocenters. The molecule has 1 aromatic rings. The zero-order valence-electron chi connectivity index (χ0n) is 12.0. The predicted molar refractivity (Wildman–Crippen MR) is 80.9 cm³/mol. The van der Waals surface area contributed by atoms with E-state index in [0.29, 0.717) is 18.2 Å². The lowest BCUT2D eigenvalue weighted by Gasteiger charge is -2.39. The van der Waals surface area contributed by atoms with Crippen LogP contribution in [0.1, 0.15) is 25.0 Å². The third-order valence-electron chi connectivity index (χ3n) is 4.07. The van der Waals surface area contributed by atoms with Gasteiger partial charge in [0.05, 0.1) is 19.2 Å². The Bertz CT molecular complexity index is 519. The van der Waals surface area contributed by atoms with Crippen molar-refractivity contribution in [2.24, 2.45) is 0 Å². The normalized spacial score (nSPS) is 29.6. The summed E-state index contributed by atoms with van der Waals surface area (Å²) in [5.74, 6) is 0.142. The van der Waals surface area contributed by atoms with Crippen LogP contribution in [0.25, 0.3) is 0 Å². The minimum Gasteiger partial charge on any atom is -0.370 e. The van der Waals surface area contributed by atoms with Crippen molar-refractivity contribution >= 4 is 17.5 Å². The first-order valence-corrected chi connectivity index (χ1v) is 7.69. The molecule has 0 saturated carbocycles. The molecule has 21 heavy (non-hydrogen) atoms. The second-order valence-electron chi connectivity index (χ2n) is 5.63. The molecule has 114 valence electrons. The Hall–Kier alpha value is -1.14. The van der Waals surface area contributed by atoms with Gasteiger partial charge < -0.3 is 9.64 Å². The van der Waals surface area contributed by atoms with E-state index in [0.717, 1.165) is 18.5 Å². The van der Waals surface area contributed by atoms with Crippen LogP contribution in [-0.4, -0.2) is 42.6 Å². The summed E-state index contributed by atoms with van der Waals surface area (Å²) in [4.78, 5) is 14.5.